The molecule has 0 aromatic heterocycles. The number of hydrogen-bond donors (Lipinski definition) is 3. The number of benzene rings is 1. The van der Waals surface area contributed by atoms with Gasteiger partial charge in [0.1, 0.15) is 0 Å². The first-order valence-electron chi connectivity index (χ1n) is 8.54. The van der Waals surface area contributed by atoms with Gasteiger partial charge in [-0.1, -0.05) is 0 Å². The van der Waals surface area contributed by atoms with Crippen LogP contribution in [0.15, 0.2) is 23.1 Å². The Morgan fingerprint density at radius 1 is 1.41 bits per heavy atom. The third-order valence-electron chi connectivity index (χ3n) is 4.57. The summed E-state index contributed by atoms with van der Waals surface area (Å²) in [6, 6.07) is 3.98. The molecule has 148 valence electrons. The van der Waals surface area contributed by atoms with E-state index in [1.165, 1.54) is 12.1 Å². The summed E-state index contributed by atoms with van der Waals surface area (Å²) in [4.78, 5) is 34.3. The SMILES string of the molecule is COCC1(CNC(=O)CSc2ccc(C(N)=O)cc2[N+](=O)[O-])CCNCC1. The van der Waals surface area contributed by atoms with Gasteiger partial charge in [-0.15, -0.1) is 11.8 Å². The Morgan fingerprint density at radius 2 is 2.11 bits per heavy atom. The van der Waals surface area contributed by atoms with E-state index in [0.717, 1.165) is 43.8 Å². The molecule has 1 fully saturated rings. The number of carbonyl (C=O) groups excluding carboxylic acids is 2. The number of primary amides is 1. The standard InChI is InChI=1S/C17H24N4O5S/c1-26-11-17(4-6-19-7-5-17)10-20-15(22)9-27-14-3-2-12(16(18)23)8-13(14)21(24)25/h2-3,8,19H,4-7,9-11H2,1H3,(H2,18,23)(H,20,22). The third-order valence-corrected chi connectivity index (χ3v) is 5.64. The topological polar surface area (TPSA) is 137 Å². The van der Waals surface area contributed by atoms with Gasteiger partial charge in [-0.05, 0) is 38.1 Å². The lowest BCUT2D eigenvalue weighted by molar-refractivity contribution is -0.387. The molecule has 0 saturated carbocycles. The van der Waals surface area contributed by atoms with Crippen LogP contribution >= 0.6 is 11.8 Å². The van der Waals surface area contributed by atoms with Crippen molar-refractivity contribution in [1.82, 2.24) is 10.6 Å². The second-order valence-electron chi connectivity index (χ2n) is 6.55. The molecule has 4 N–H and O–H groups in total. The predicted molar refractivity (Wildman–Crippen MR) is 102 cm³/mol. The summed E-state index contributed by atoms with van der Waals surface area (Å²) in [6.45, 7) is 2.84. The van der Waals surface area contributed by atoms with Crippen LogP contribution in [-0.4, -0.2) is 55.8 Å². The fourth-order valence-corrected chi connectivity index (χ4v) is 3.89. The van der Waals surface area contributed by atoms with Crippen LogP contribution in [0.2, 0.25) is 0 Å². The minimum Gasteiger partial charge on any atom is -0.384 e. The number of ether oxygens (including phenoxy) is 1. The second kappa shape index (κ2) is 9.67. The number of nitrogens with one attached hydrogen (secondary N) is 2. The molecule has 0 aliphatic carbocycles. The normalized spacial score (nSPS) is 15.9. The van der Waals surface area contributed by atoms with Crippen molar-refractivity contribution < 1.29 is 19.2 Å². The van der Waals surface area contributed by atoms with Gasteiger partial charge in [-0.25, -0.2) is 0 Å². The Morgan fingerprint density at radius 3 is 2.70 bits per heavy atom. The van der Waals surface area contributed by atoms with Gasteiger partial charge in [0, 0.05) is 30.7 Å². The molecule has 1 aliphatic rings. The molecule has 27 heavy (non-hydrogen) atoms. The molecule has 2 amide bonds. The molecule has 2 rings (SSSR count). The van der Waals surface area contributed by atoms with Crippen molar-refractivity contribution in [2.75, 3.05) is 39.1 Å². The zero-order valence-electron chi connectivity index (χ0n) is 15.2. The number of amides is 2. The number of nitro benzene ring substituents is 1. The van der Waals surface area contributed by atoms with Crippen LogP contribution < -0.4 is 16.4 Å². The number of hydrogen-bond acceptors (Lipinski definition) is 7. The van der Waals surface area contributed by atoms with Crippen molar-refractivity contribution >= 4 is 29.3 Å². The Hall–Kier alpha value is -2.17. The third kappa shape index (κ3) is 5.91. The van der Waals surface area contributed by atoms with E-state index < -0.39 is 10.8 Å². The first-order chi connectivity index (χ1) is 12.9. The summed E-state index contributed by atoms with van der Waals surface area (Å²) in [5.41, 5.74) is 4.89. The van der Waals surface area contributed by atoms with Gasteiger partial charge in [0.05, 0.1) is 22.2 Å². The van der Waals surface area contributed by atoms with Crippen molar-refractivity contribution in [2.45, 2.75) is 17.7 Å². The van der Waals surface area contributed by atoms with E-state index in [1.54, 1.807) is 7.11 Å². The number of methoxy groups -OCH3 is 1. The molecule has 0 atom stereocenters. The molecule has 1 heterocycles. The number of nitro groups is 1. The van der Waals surface area contributed by atoms with Gasteiger partial charge in [0.2, 0.25) is 11.8 Å². The van der Waals surface area contributed by atoms with Gasteiger partial charge in [0.15, 0.2) is 0 Å². The molecule has 0 unspecified atom stereocenters. The van der Waals surface area contributed by atoms with Crippen LogP contribution in [0.4, 0.5) is 5.69 Å². The smallest absolute Gasteiger partial charge is 0.283 e. The minimum absolute atomic E-state index is 0.0398. The number of nitrogens with two attached hydrogens (primary N) is 1. The van der Waals surface area contributed by atoms with Crippen LogP contribution in [0.3, 0.4) is 0 Å². The number of nitrogens with zero attached hydrogens (tertiary/aromatic N) is 1. The molecule has 1 saturated heterocycles. The molecule has 9 nitrogen and oxygen atoms in total. The zero-order valence-corrected chi connectivity index (χ0v) is 16.0. The van der Waals surface area contributed by atoms with E-state index in [1.807, 2.05) is 0 Å². The van der Waals surface area contributed by atoms with Crippen LogP contribution in [0.25, 0.3) is 0 Å². The molecule has 10 heteroatoms. The fraction of sp³-hybridized carbons (Fsp3) is 0.529. The van der Waals surface area contributed by atoms with Crippen LogP contribution in [-0.2, 0) is 9.53 Å². The van der Waals surface area contributed by atoms with E-state index in [9.17, 15) is 19.7 Å². The van der Waals surface area contributed by atoms with Crippen molar-refractivity contribution in [3.05, 3.63) is 33.9 Å². The first-order valence-corrected chi connectivity index (χ1v) is 9.53. The molecular formula is C17H24N4O5S. The van der Waals surface area contributed by atoms with Crippen LogP contribution in [0.1, 0.15) is 23.2 Å². The number of carbonyl (C=O) groups is 2. The highest BCUT2D eigenvalue weighted by molar-refractivity contribution is 8.00. The van der Waals surface area contributed by atoms with Gasteiger partial charge in [-0.3, -0.25) is 19.7 Å². The lowest BCUT2D eigenvalue weighted by Gasteiger charge is -2.37. The highest BCUT2D eigenvalue weighted by atomic mass is 32.2. The summed E-state index contributed by atoms with van der Waals surface area (Å²) < 4.78 is 5.32. The molecule has 1 aliphatic heterocycles. The number of thioether (sulfide) groups is 1. The molecule has 0 spiro atoms. The van der Waals surface area contributed by atoms with Gasteiger partial charge in [-0.2, -0.15) is 0 Å². The fourth-order valence-electron chi connectivity index (χ4n) is 3.05. The minimum atomic E-state index is -0.738. The van der Waals surface area contributed by atoms with Crippen molar-refractivity contribution in [2.24, 2.45) is 11.1 Å². The van der Waals surface area contributed by atoms with E-state index in [-0.39, 0.29) is 28.3 Å². The summed E-state index contributed by atoms with van der Waals surface area (Å²) in [6.07, 6.45) is 1.82. The maximum absolute atomic E-state index is 12.2. The van der Waals surface area contributed by atoms with E-state index in [0.29, 0.717) is 18.0 Å². The second-order valence-corrected chi connectivity index (χ2v) is 7.57. The van der Waals surface area contributed by atoms with Gasteiger partial charge in [0.25, 0.3) is 5.69 Å². The van der Waals surface area contributed by atoms with E-state index in [2.05, 4.69) is 10.6 Å². The Balaban J connectivity index is 1.95. The Labute approximate surface area is 161 Å². The lowest BCUT2D eigenvalue weighted by atomic mass is 9.79. The Bertz CT molecular complexity index is 701. The molecule has 1 aromatic carbocycles. The monoisotopic (exact) mass is 396 g/mol. The quantitative estimate of drug-likeness (QED) is 0.321. The maximum atomic E-state index is 12.2. The van der Waals surface area contributed by atoms with E-state index in [4.69, 9.17) is 10.5 Å². The first kappa shape index (κ1) is 21.1. The van der Waals surface area contributed by atoms with Crippen LogP contribution in [0.5, 0.6) is 0 Å². The summed E-state index contributed by atoms with van der Waals surface area (Å²) in [5.74, 6) is -0.905. The molecule has 1 aromatic rings. The van der Waals surface area contributed by atoms with Crippen LogP contribution in [0, 0.1) is 15.5 Å². The Kier molecular flexibility index (Phi) is 7.57. The van der Waals surface area contributed by atoms with Crippen molar-refractivity contribution in [3.8, 4) is 0 Å². The lowest BCUT2D eigenvalue weighted by Crippen LogP contribution is -2.47. The van der Waals surface area contributed by atoms with Gasteiger partial charge < -0.3 is 21.1 Å². The summed E-state index contributed by atoms with van der Waals surface area (Å²) >= 11 is 1.05. The number of rotatable bonds is 9. The average molecular weight is 396 g/mol. The highest BCUT2D eigenvalue weighted by Gasteiger charge is 2.32. The van der Waals surface area contributed by atoms with E-state index >= 15 is 0 Å². The predicted octanol–water partition coefficient (Wildman–Crippen LogP) is 0.918. The molecule has 0 bridgehead atoms. The summed E-state index contributed by atoms with van der Waals surface area (Å²) in [5, 5.41) is 17.4. The largest absolute Gasteiger partial charge is 0.384 e. The zero-order chi connectivity index (χ0) is 19.9. The highest BCUT2D eigenvalue weighted by Crippen LogP contribution is 2.31. The van der Waals surface area contributed by atoms with Crippen molar-refractivity contribution in [3.63, 3.8) is 0 Å². The van der Waals surface area contributed by atoms with Crippen molar-refractivity contribution in [1.29, 1.82) is 0 Å². The summed E-state index contributed by atoms with van der Waals surface area (Å²) in [7, 11) is 1.65. The molecular weight excluding hydrogens is 372 g/mol. The molecule has 0 radical (unpaired) electrons. The number of piperidine rings is 1. The van der Waals surface area contributed by atoms with Gasteiger partial charge >= 0.3 is 0 Å². The maximum Gasteiger partial charge on any atom is 0.283 e. The average Bonchev–Trinajstić information content (AvgIpc) is 2.65.